The van der Waals surface area contributed by atoms with Crippen LogP contribution in [0.15, 0.2) is 48.6 Å². The molecule has 8 heteroatoms. The molecule has 2 rings (SSSR count). The van der Waals surface area contributed by atoms with E-state index in [4.69, 9.17) is 9.47 Å². The van der Waals surface area contributed by atoms with E-state index in [0.717, 1.165) is 6.07 Å². The number of aliphatic hydroxyl groups is 1. The van der Waals surface area contributed by atoms with Gasteiger partial charge in [0, 0.05) is 11.1 Å². The third-order valence-corrected chi connectivity index (χ3v) is 4.12. The summed E-state index contributed by atoms with van der Waals surface area (Å²) in [6.45, 7) is 5.13. The molecule has 0 aliphatic carbocycles. The molecule has 0 bridgehead atoms. The van der Waals surface area contributed by atoms with E-state index >= 15 is 0 Å². The second-order valence-corrected chi connectivity index (χ2v) is 6.33. The first-order valence-electron chi connectivity index (χ1n) is 8.28. The standard InChI is InChI=1S/C20H19F3O5/c1-12(2)17(24)27-10-11-28-18(25)15-8-9-16(19(3,26)20(21,22)23)14-7-5-4-6-13(14)15/h4-9,26H,1,10-11H2,2-3H3. The first kappa shape index (κ1) is 21.4. The normalized spacial score (nSPS) is 13.6. The molecule has 2 aromatic rings. The minimum absolute atomic E-state index is 0.0311. The van der Waals surface area contributed by atoms with Crippen LogP contribution in [0, 0.1) is 0 Å². The van der Waals surface area contributed by atoms with Crippen molar-refractivity contribution in [3.8, 4) is 0 Å². The second-order valence-electron chi connectivity index (χ2n) is 6.33. The smallest absolute Gasteiger partial charge is 0.421 e. The van der Waals surface area contributed by atoms with E-state index in [2.05, 4.69) is 6.58 Å². The molecule has 1 N–H and O–H groups in total. The minimum atomic E-state index is -4.90. The van der Waals surface area contributed by atoms with Crippen molar-refractivity contribution in [3.05, 3.63) is 59.7 Å². The number of hydrogen-bond donors (Lipinski definition) is 1. The summed E-state index contributed by atoms with van der Waals surface area (Å²) in [5, 5.41) is 10.3. The quantitative estimate of drug-likeness (QED) is 0.456. The highest BCUT2D eigenvalue weighted by Gasteiger charge is 2.51. The van der Waals surface area contributed by atoms with Crippen LogP contribution in [0.1, 0.15) is 29.8 Å². The number of esters is 2. The molecule has 150 valence electrons. The summed E-state index contributed by atoms with van der Waals surface area (Å²) in [7, 11) is 0. The minimum Gasteiger partial charge on any atom is -0.459 e. The Kier molecular flexibility index (Phi) is 6.14. The molecule has 1 atom stereocenters. The number of ether oxygens (including phenoxy) is 2. The van der Waals surface area contributed by atoms with E-state index in [1.54, 1.807) is 6.07 Å². The van der Waals surface area contributed by atoms with Gasteiger partial charge in [0.05, 0.1) is 5.56 Å². The van der Waals surface area contributed by atoms with Crippen LogP contribution in [0.25, 0.3) is 10.8 Å². The van der Waals surface area contributed by atoms with Gasteiger partial charge in [0.2, 0.25) is 0 Å². The van der Waals surface area contributed by atoms with Gasteiger partial charge < -0.3 is 14.6 Å². The number of fused-ring (bicyclic) bond motifs is 1. The van der Waals surface area contributed by atoms with Crippen LogP contribution in [0.4, 0.5) is 13.2 Å². The second kappa shape index (κ2) is 8.02. The fourth-order valence-corrected chi connectivity index (χ4v) is 2.52. The maximum absolute atomic E-state index is 13.2. The average molecular weight is 396 g/mol. The van der Waals surface area contributed by atoms with Gasteiger partial charge in [-0.1, -0.05) is 36.9 Å². The lowest BCUT2D eigenvalue weighted by Gasteiger charge is -2.28. The summed E-state index contributed by atoms with van der Waals surface area (Å²) in [5.41, 5.74) is -3.23. The fraction of sp³-hybridized carbons (Fsp3) is 0.300. The Hall–Kier alpha value is -2.87. The molecule has 5 nitrogen and oxygen atoms in total. The van der Waals surface area contributed by atoms with E-state index in [1.807, 2.05) is 0 Å². The largest absolute Gasteiger partial charge is 0.459 e. The van der Waals surface area contributed by atoms with Gasteiger partial charge >= 0.3 is 18.1 Å². The van der Waals surface area contributed by atoms with Crippen molar-refractivity contribution >= 4 is 22.7 Å². The third kappa shape index (κ3) is 4.33. The number of rotatable bonds is 6. The Balaban J connectivity index is 2.28. The maximum Gasteiger partial charge on any atom is 0.421 e. The molecule has 0 aliphatic rings. The maximum atomic E-state index is 13.2. The fourth-order valence-electron chi connectivity index (χ4n) is 2.52. The van der Waals surface area contributed by atoms with Crippen molar-refractivity contribution in [1.29, 1.82) is 0 Å². The number of hydrogen-bond acceptors (Lipinski definition) is 5. The summed E-state index contributed by atoms with van der Waals surface area (Å²) in [5.74, 6) is -1.42. The Morgan fingerprint density at radius 3 is 2.18 bits per heavy atom. The zero-order valence-electron chi connectivity index (χ0n) is 15.3. The third-order valence-electron chi connectivity index (χ3n) is 4.12. The molecule has 0 fully saturated rings. The highest BCUT2D eigenvalue weighted by atomic mass is 19.4. The molecule has 2 aromatic carbocycles. The molecule has 0 amide bonds. The molecule has 0 saturated carbocycles. The van der Waals surface area contributed by atoms with Crippen molar-refractivity contribution in [1.82, 2.24) is 0 Å². The van der Waals surface area contributed by atoms with Gasteiger partial charge in [-0.15, -0.1) is 0 Å². The van der Waals surface area contributed by atoms with Crippen LogP contribution in [-0.4, -0.2) is 36.4 Å². The van der Waals surface area contributed by atoms with Crippen LogP contribution < -0.4 is 0 Å². The van der Waals surface area contributed by atoms with Gasteiger partial charge in [-0.05, 0) is 30.7 Å². The molecule has 0 heterocycles. The van der Waals surface area contributed by atoms with Crippen molar-refractivity contribution in [2.75, 3.05) is 13.2 Å². The van der Waals surface area contributed by atoms with Crippen molar-refractivity contribution in [2.45, 2.75) is 25.6 Å². The lowest BCUT2D eigenvalue weighted by atomic mass is 9.88. The first-order valence-corrected chi connectivity index (χ1v) is 8.28. The van der Waals surface area contributed by atoms with Crippen molar-refractivity contribution in [3.63, 3.8) is 0 Å². The molecule has 0 aliphatic heterocycles. The van der Waals surface area contributed by atoms with Crippen LogP contribution in [-0.2, 0) is 19.9 Å². The molecule has 0 spiro atoms. The summed E-state index contributed by atoms with van der Waals surface area (Å²) in [4.78, 5) is 23.6. The highest BCUT2D eigenvalue weighted by molar-refractivity contribution is 6.05. The molecular formula is C20H19F3O5. The summed E-state index contributed by atoms with van der Waals surface area (Å²) >= 11 is 0. The zero-order chi connectivity index (χ0) is 21.1. The molecule has 0 radical (unpaired) electrons. The van der Waals surface area contributed by atoms with Crippen LogP contribution >= 0.6 is 0 Å². The lowest BCUT2D eigenvalue weighted by Crippen LogP contribution is -2.39. The van der Waals surface area contributed by atoms with Crippen molar-refractivity contribution < 1.29 is 37.3 Å². The number of alkyl halides is 3. The van der Waals surface area contributed by atoms with Gasteiger partial charge in [-0.25, -0.2) is 9.59 Å². The first-order chi connectivity index (χ1) is 13.0. The average Bonchev–Trinajstić information content (AvgIpc) is 2.62. The SMILES string of the molecule is C=C(C)C(=O)OCCOC(=O)c1ccc(C(C)(O)C(F)(F)F)c2ccccc12. The zero-order valence-corrected chi connectivity index (χ0v) is 15.3. The van der Waals surface area contributed by atoms with Gasteiger partial charge in [0.25, 0.3) is 0 Å². The Morgan fingerprint density at radius 2 is 1.61 bits per heavy atom. The van der Waals surface area contributed by atoms with E-state index in [1.165, 1.54) is 31.2 Å². The Bertz CT molecular complexity index is 916. The molecule has 0 saturated heterocycles. The van der Waals surface area contributed by atoms with Crippen molar-refractivity contribution in [2.24, 2.45) is 0 Å². The van der Waals surface area contributed by atoms with Gasteiger partial charge in [0.1, 0.15) is 13.2 Å². The van der Waals surface area contributed by atoms with E-state index in [-0.39, 0.29) is 40.7 Å². The number of benzene rings is 2. The predicted octanol–water partition coefficient (Wildman–Crippen LogP) is 3.89. The summed E-state index contributed by atoms with van der Waals surface area (Å²) in [6.07, 6.45) is -4.90. The van der Waals surface area contributed by atoms with E-state index in [9.17, 15) is 27.9 Å². The lowest BCUT2D eigenvalue weighted by molar-refractivity contribution is -0.258. The van der Waals surface area contributed by atoms with E-state index < -0.39 is 23.7 Å². The molecule has 28 heavy (non-hydrogen) atoms. The van der Waals surface area contributed by atoms with Gasteiger partial charge in [0.15, 0.2) is 5.60 Å². The highest BCUT2D eigenvalue weighted by Crippen LogP contribution is 2.41. The monoisotopic (exact) mass is 396 g/mol. The van der Waals surface area contributed by atoms with Gasteiger partial charge in [-0.3, -0.25) is 0 Å². The number of halogens is 3. The number of carbonyl (C=O) groups is 2. The molecular weight excluding hydrogens is 377 g/mol. The Labute approximate surface area is 159 Å². The van der Waals surface area contributed by atoms with Gasteiger partial charge in [-0.2, -0.15) is 13.2 Å². The van der Waals surface area contributed by atoms with Crippen LogP contribution in [0.5, 0.6) is 0 Å². The Morgan fingerprint density at radius 1 is 1.04 bits per heavy atom. The van der Waals surface area contributed by atoms with Crippen LogP contribution in [0.2, 0.25) is 0 Å². The number of carbonyl (C=O) groups excluding carboxylic acids is 2. The topological polar surface area (TPSA) is 72.8 Å². The summed E-state index contributed by atoms with van der Waals surface area (Å²) < 4.78 is 49.6. The molecule has 1 unspecified atom stereocenters. The predicted molar refractivity (Wildman–Crippen MR) is 95.6 cm³/mol. The van der Waals surface area contributed by atoms with Crippen LogP contribution in [0.3, 0.4) is 0 Å². The summed E-state index contributed by atoms with van der Waals surface area (Å²) in [6, 6.07) is 8.12. The van der Waals surface area contributed by atoms with E-state index in [0.29, 0.717) is 6.92 Å². The molecule has 0 aromatic heterocycles.